The quantitative estimate of drug-likeness (QED) is 0.210. The molecule has 11 heteroatoms. The number of carbonyl (C=O) groups is 1. The van der Waals surface area contributed by atoms with Gasteiger partial charge in [-0.2, -0.15) is 0 Å². The van der Waals surface area contributed by atoms with Gasteiger partial charge in [-0.1, -0.05) is 74.2 Å². The lowest BCUT2D eigenvalue weighted by molar-refractivity contribution is -0.135. The first kappa shape index (κ1) is 34.6. The molecule has 3 aromatic rings. The number of unbranched alkanes of at least 4 members (excludes halogenated alkanes) is 1. The van der Waals surface area contributed by atoms with Gasteiger partial charge in [-0.25, -0.2) is 8.42 Å². The molecule has 1 atom stereocenters. The number of aromatic nitrogens is 1. The van der Waals surface area contributed by atoms with Crippen LogP contribution in [-0.4, -0.2) is 66.7 Å². The number of likely N-dealkylation sites (tertiary alicyclic amines) is 1. The van der Waals surface area contributed by atoms with Crippen LogP contribution in [0.5, 0.6) is 0 Å². The summed E-state index contributed by atoms with van der Waals surface area (Å²) in [6.07, 6.45) is 9.94. The molecule has 260 valence electrons. The zero-order chi connectivity index (χ0) is 33.9. The van der Waals surface area contributed by atoms with Crippen LogP contribution in [0.1, 0.15) is 94.1 Å². The van der Waals surface area contributed by atoms with Gasteiger partial charge in [0.25, 0.3) is 10.0 Å². The van der Waals surface area contributed by atoms with Crippen LogP contribution in [0.25, 0.3) is 11.1 Å². The molecular formula is C37H51N5O5S. The number of anilines is 1. The van der Waals surface area contributed by atoms with Gasteiger partial charge in [0.2, 0.25) is 5.91 Å². The minimum atomic E-state index is -3.99. The number of nitrogens with one attached hydrogen (secondary N) is 2. The Hall–Kier alpha value is -3.25. The largest absolute Gasteiger partial charge is 0.377 e. The number of hydrogen-bond donors (Lipinski definition) is 2. The van der Waals surface area contributed by atoms with Gasteiger partial charge in [0.05, 0.1) is 17.7 Å². The average Bonchev–Trinajstić information content (AvgIpc) is 3.80. The van der Waals surface area contributed by atoms with Crippen molar-refractivity contribution in [2.75, 3.05) is 24.4 Å². The molecule has 2 aromatic carbocycles. The predicted molar refractivity (Wildman–Crippen MR) is 187 cm³/mol. The molecule has 3 heterocycles. The maximum Gasteiger partial charge on any atom is 0.263 e. The van der Waals surface area contributed by atoms with Crippen LogP contribution in [0.15, 0.2) is 51.9 Å². The number of amides is 1. The molecule has 0 radical (unpaired) electrons. The summed E-state index contributed by atoms with van der Waals surface area (Å²) in [5.41, 5.74) is 3.35. The van der Waals surface area contributed by atoms with Crippen molar-refractivity contribution < 1.29 is 22.5 Å². The first-order chi connectivity index (χ1) is 23.2. The highest BCUT2D eigenvalue weighted by Gasteiger charge is 2.52. The molecule has 1 aliphatic carbocycles. The summed E-state index contributed by atoms with van der Waals surface area (Å²) in [7, 11) is -3.99. The number of nitrogens with zero attached hydrogens (tertiary/aromatic N) is 3. The van der Waals surface area contributed by atoms with E-state index in [0.29, 0.717) is 42.7 Å². The number of ether oxygens (including phenoxy) is 1. The van der Waals surface area contributed by atoms with Crippen molar-refractivity contribution in [1.29, 1.82) is 0 Å². The average molecular weight is 678 g/mol. The number of piperidine rings is 1. The molecule has 1 saturated carbocycles. The molecule has 1 spiro atoms. The smallest absolute Gasteiger partial charge is 0.263 e. The lowest BCUT2D eigenvalue weighted by Gasteiger charge is -2.40. The first-order valence-corrected chi connectivity index (χ1v) is 19.2. The lowest BCUT2D eigenvalue weighted by Crippen LogP contribution is -2.56. The van der Waals surface area contributed by atoms with Gasteiger partial charge in [-0.3, -0.25) is 14.8 Å². The van der Waals surface area contributed by atoms with Crippen molar-refractivity contribution in [3.63, 3.8) is 0 Å². The van der Waals surface area contributed by atoms with Crippen LogP contribution in [0.3, 0.4) is 0 Å². The number of carbonyl (C=O) groups excluding carboxylic acids is 1. The van der Waals surface area contributed by atoms with Gasteiger partial charge in [0, 0.05) is 43.4 Å². The Morgan fingerprint density at radius 2 is 1.81 bits per heavy atom. The monoisotopic (exact) mass is 677 g/mol. The fraction of sp³-hybridized carbons (Fsp3) is 0.568. The highest BCUT2D eigenvalue weighted by Crippen LogP contribution is 2.37. The summed E-state index contributed by atoms with van der Waals surface area (Å²) in [5, 5.41) is 7.75. The van der Waals surface area contributed by atoms with Gasteiger partial charge in [-0.05, 0) is 75.6 Å². The molecule has 10 nitrogen and oxygen atoms in total. The van der Waals surface area contributed by atoms with E-state index < -0.39 is 15.6 Å². The van der Waals surface area contributed by atoms with Crippen molar-refractivity contribution in [1.82, 2.24) is 20.3 Å². The number of hydrogen-bond acceptors (Lipinski definition) is 8. The Kier molecular flexibility index (Phi) is 10.6. The molecule has 2 saturated heterocycles. The van der Waals surface area contributed by atoms with Crippen LogP contribution in [-0.2, 0) is 32.7 Å². The summed E-state index contributed by atoms with van der Waals surface area (Å²) >= 11 is 0. The van der Waals surface area contributed by atoms with E-state index in [4.69, 9.17) is 9.26 Å². The summed E-state index contributed by atoms with van der Waals surface area (Å²) in [6, 6.07) is 13.7. The van der Waals surface area contributed by atoms with Crippen molar-refractivity contribution in [2.24, 2.45) is 0 Å². The summed E-state index contributed by atoms with van der Waals surface area (Å²) in [5.74, 6) is 0.946. The highest BCUT2D eigenvalue weighted by molar-refractivity contribution is 7.92. The Labute approximate surface area is 285 Å². The molecule has 48 heavy (non-hydrogen) atoms. The summed E-state index contributed by atoms with van der Waals surface area (Å²) < 4.78 is 41.1. The SMILES string of the molecule is CCCC[C@@H]1NC2(CCN(C3CCCC3)CC2)C(=O)N1Cc1ccc(-c2ccccc2S(=O)(=O)Nc2noc(C)c2C)c(COCC)c1. The molecule has 6 rings (SSSR count). The Balaban J connectivity index is 1.27. The highest BCUT2D eigenvalue weighted by atomic mass is 32.2. The fourth-order valence-corrected chi connectivity index (χ4v) is 9.02. The summed E-state index contributed by atoms with van der Waals surface area (Å²) in [6.45, 7) is 10.9. The maximum atomic E-state index is 14.3. The molecular weight excluding hydrogens is 627 g/mol. The standard InChI is InChI=1S/C37H51N5O5S/c1-5-7-16-34-38-37(19-21-41(22-20-37)30-12-8-9-13-30)36(43)42(34)24-28-17-18-31(29(23-28)25-46-6-2)32-14-10-11-15-33(32)48(44,45)40-35-26(3)27(4)47-39-35/h10-11,14-15,17-18,23,30,34,38H,5-9,12-13,16,19-22,24-25H2,1-4H3,(H,39,40)/t34-/m1/s1. The second-order valence-corrected chi connectivity index (χ2v) is 15.4. The van der Waals surface area contributed by atoms with Gasteiger partial charge < -0.3 is 19.1 Å². The van der Waals surface area contributed by atoms with Gasteiger partial charge in [0.1, 0.15) is 11.3 Å². The van der Waals surface area contributed by atoms with E-state index in [1.54, 1.807) is 26.0 Å². The van der Waals surface area contributed by atoms with Gasteiger partial charge >= 0.3 is 0 Å². The van der Waals surface area contributed by atoms with Gasteiger partial charge in [-0.15, -0.1) is 0 Å². The van der Waals surface area contributed by atoms with Crippen molar-refractivity contribution in [2.45, 2.75) is 121 Å². The Morgan fingerprint density at radius 1 is 1.06 bits per heavy atom. The zero-order valence-electron chi connectivity index (χ0n) is 28.9. The predicted octanol–water partition coefficient (Wildman–Crippen LogP) is 6.52. The van der Waals surface area contributed by atoms with Crippen molar-refractivity contribution >= 4 is 21.7 Å². The van der Waals surface area contributed by atoms with Crippen molar-refractivity contribution in [3.05, 3.63) is 64.9 Å². The lowest BCUT2D eigenvalue weighted by atomic mass is 9.86. The number of benzene rings is 2. The molecule has 0 unspecified atom stereocenters. The van der Waals surface area contributed by atoms with Crippen LogP contribution in [0.2, 0.25) is 0 Å². The van der Waals surface area contributed by atoms with E-state index in [2.05, 4.69) is 38.0 Å². The topological polar surface area (TPSA) is 117 Å². The number of aryl methyl sites for hydroxylation is 1. The molecule has 1 aromatic heterocycles. The van der Waals surface area contributed by atoms with Crippen LogP contribution < -0.4 is 10.0 Å². The van der Waals surface area contributed by atoms with Crippen molar-refractivity contribution in [3.8, 4) is 11.1 Å². The summed E-state index contributed by atoms with van der Waals surface area (Å²) in [4.78, 5) is 19.1. The first-order valence-electron chi connectivity index (χ1n) is 17.7. The van der Waals surface area contributed by atoms with Gasteiger partial charge in [0.15, 0.2) is 5.82 Å². The molecule has 1 amide bonds. The number of sulfonamides is 1. The normalized spacial score (nSPS) is 20.3. The van der Waals surface area contributed by atoms with Crippen LogP contribution in [0.4, 0.5) is 5.82 Å². The van der Waals surface area contributed by atoms with E-state index in [1.165, 1.54) is 25.7 Å². The Morgan fingerprint density at radius 3 is 2.50 bits per heavy atom. The van der Waals surface area contributed by atoms with E-state index in [9.17, 15) is 13.2 Å². The maximum absolute atomic E-state index is 14.3. The fourth-order valence-electron chi connectivity index (χ4n) is 7.74. The Bertz CT molecular complexity index is 1690. The van der Waals surface area contributed by atoms with Crippen LogP contribution in [0, 0.1) is 13.8 Å². The van der Waals surface area contributed by atoms with E-state index in [0.717, 1.165) is 61.9 Å². The molecule has 2 aliphatic heterocycles. The van der Waals surface area contributed by atoms with E-state index >= 15 is 0 Å². The van der Waals surface area contributed by atoms with E-state index in [-0.39, 0.29) is 22.8 Å². The minimum absolute atomic E-state index is 0.00827. The molecule has 0 bridgehead atoms. The minimum Gasteiger partial charge on any atom is -0.377 e. The second-order valence-electron chi connectivity index (χ2n) is 13.7. The van der Waals surface area contributed by atoms with Crippen LogP contribution >= 0.6 is 0 Å². The third-order valence-electron chi connectivity index (χ3n) is 10.7. The van der Waals surface area contributed by atoms with E-state index in [1.807, 2.05) is 31.2 Å². The third-order valence-corrected chi connectivity index (χ3v) is 12.0. The third kappa shape index (κ3) is 7.06. The molecule has 3 aliphatic rings. The zero-order valence-corrected chi connectivity index (χ0v) is 29.7. The number of rotatable bonds is 13. The molecule has 3 fully saturated rings. The second kappa shape index (κ2) is 14.7. The molecule has 2 N–H and O–H groups in total.